The second-order valence-corrected chi connectivity index (χ2v) is 8.01. The number of aromatic nitrogens is 3. The zero-order valence-electron chi connectivity index (χ0n) is 14.4. The fourth-order valence-corrected chi connectivity index (χ4v) is 5.02. The van der Waals surface area contributed by atoms with Crippen LogP contribution in [0.4, 0.5) is 5.13 Å². The number of imidazole rings is 1. The summed E-state index contributed by atoms with van der Waals surface area (Å²) >= 11 is 1.64. The van der Waals surface area contributed by atoms with Crippen LogP contribution in [-0.4, -0.2) is 20.4 Å². The largest absolute Gasteiger partial charge is 0.331 e. The maximum Gasteiger partial charge on any atom is 0.277 e. The highest BCUT2D eigenvalue weighted by Gasteiger charge is 2.25. The molecule has 1 N–H and O–H groups in total. The van der Waals surface area contributed by atoms with Crippen LogP contribution in [-0.2, 0) is 25.8 Å². The minimum atomic E-state index is -0.105. The fraction of sp³-hybridized carbons (Fsp3) is 0.611. The summed E-state index contributed by atoms with van der Waals surface area (Å²) in [7, 11) is 0. The van der Waals surface area contributed by atoms with Crippen LogP contribution in [0.15, 0.2) is 0 Å². The first kappa shape index (κ1) is 15.8. The van der Waals surface area contributed by atoms with E-state index in [0.29, 0.717) is 5.69 Å². The lowest BCUT2D eigenvalue weighted by Crippen LogP contribution is -2.18. The summed E-state index contributed by atoms with van der Waals surface area (Å²) in [5, 5.41) is 3.74. The van der Waals surface area contributed by atoms with Crippen LogP contribution >= 0.6 is 11.3 Å². The molecule has 0 saturated carbocycles. The zero-order valence-corrected chi connectivity index (χ0v) is 15.2. The van der Waals surface area contributed by atoms with Crippen molar-refractivity contribution in [3.63, 3.8) is 0 Å². The molecule has 0 fully saturated rings. The van der Waals surface area contributed by atoms with E-state index in [0.717, 1.165) is 54.8 Å². The van der Waals surface area contributed by atoms with Crippen LogP contribution in [0, 0.1) is 12.8 Å². The van der Waals surface area contributed by atoms with Gasteiger partial charge in [-0.15, -0.1) is 11.3 Å². The van der Waals surface area contributed by atoms with Crippen molar-refractivity contribution in [3.8, 4) is 0 Å². The van der Waals surface area contributed by atoms with E-state index < -0.39 is 0 Å². The molecule has 24 heavy (non-hydrogen) atoms. The van der Waals surface area contributed by atoms with Crippen LogP contribution in [0.1, 0.15) is 65.2 Å². The molecule has 0 saturated heterocycles. The molecule has 1 amide bonds. The van der Waals surface area contributed by atoms with E-state index in [1.807, 2.05) is 6.92 Å². The topological polar surface area (TPSA) is 59.8 Å². The maximum absolute atomic E-state index is 12.7. The van der Waals surface area contributed by atoms with E-state index in [1.54, 1.807) is 11.3 Å². The van der Waals surface area contributed by atoms with Gasteiger partial charge in [-0.05, 0) is 51.4 Å². The van der Waals surface area contributed by atoms with Gasteiger partial charge in [0, 0.05) is 11.4 Å². The van der Waals surface area contributed by atoms with Crippen LogP contribution < -0.4 is 5.32 Å². The summed E-state index contributed by atoms with van der Waals surface area (Å²) in [4.78, 5) is 23.2. The number of nitrogens with one attached hydrogen (secondary N) is 1. The Hall–Kier alpha value is -1.69. The van der Waals surface area contributed by atoms with Crippen molar-refractivity contribution < 1.29 is 4.79 Å². The lowest BCUT2D eigenvalue weighted by molar-refractivity contribution is 0.102. The molecule has 2 aromatic heterocycles. The second-order valence-electron chi connectivity index (χ2n) is 6.92. The molecule has 5 nitrogen and oxygen atoms in total. The van der Waals surface area contributed by atoms with Crippen LogP contribution in [0.25, 0.3) is 0 Å². The van der Waals surface area contributed by atoms with Gasteiger partial charge >= 0.3 is 0 Å². The smallest absolute Gasteiger partial charge is 0.277 e. The number of thiazole rings is 1. The number of fused-ring (bicyclic) bond motifs is 2. The van der Waals surface area contributed by atoms with Crippen LogP contribution in [0.5, 0.6) is 0 Å². The molecule has 4 rings (SSSR count). The average molecular weight is 344 g/mol. The molecule has 128 valence electrons. The molecule has 0 aromatic carbocycles. The quantitative estimate of drug-likeness (QED) is 0.922. The lowest BCUT2D eigenvalue weighted by Gasteiger charge is -2.18. The molecule has 2 aliphatic rings. The van der Waals surface area contributed by atoms with Crippen molar-refractivity contribution in [2.75, 3.05) is 5.32 Å². The number of hydrogen-bond donors (Lipinski definition) is 1. The monoisotopic (exact) mass is 344 g/mol. The number of amides is 1. The van der Waals surface area contributed by atoms with Crippen LogP contribution in [0.2, 0.25) is 0 Å². The van der Waals surface area contributed by atoms with Gasteiger partial charge in [-0.3, -0.25) is 10.1 Å². The third-order valence-corrected chi connectivity index (χ3v) is 6.40. The van der Waals surface area contributed by atoms with E-state index in [2.05, 4.69) is 26.8 Å². The normalized spacial score (nSPS) is 19.7. The Bertz CT molecular complexity index is 776. The number of rotatable bonds is 3. The Morgan fingerprint density at radius 1 is 1.33 bits per heavy atom. The van der Waals surface area contributed by atoms with Gasteiger partial charge in [0.05, 0.1) is 11.4 Å². The number of carbonyl (C=O) groups excluding carboxylic acids is 1. The second kappa shape index (κ2) is 6.31. The standard InChI is InChI=1S/C18H24N4OS/c1-3-12-7-8-13-15(10-12)24-18(20-13)21-17(23)16-14-6-4-5-9-22(14)11(2)19-16/h12H,3-10H2,1-2H3,(H,20,21,23). The first-order chi connectivity index (χ1) is 11.7. The molecule has 2 aromatic rings. The SMILES string of the molecule is CCC1CCc2nc(NC(=O)c3nc(C)n4c3CCCC4)sc2C1. The molecule has 3 heterocycles. The summed E-state index contributed by atoms with van der Waals surface area (Å²) in [5.41, 5.74) is 2.86. The summed E-state index contributed by atoms with van der Waals surface area (Å²) in [5.74, 6) is 1.61. The van der Waals surface area contributed by atoms with Gasteiger partial charge in [-0.2, -0.15) is 0 Å². The Morgan fingerprint density at radius 3 is 3.04 bits per heavy atom. The fourth-order valence-electron chi connectivity index (χ4n) is 3.91. The van der Waals surface area contributed by atoms with Gasteiger partial charge in [0.1, 0.15) is 11.5 Å². The van der Waals surface area contributed by atoms with E-state index in [1.165, 1.54) is 29.8 Å². The summed E-state index contributed by atoms with van der Waals surface area (Å²) in [6.45, 7) is 5.22. The van der Waals surface area contributed by atoms with Gasteiger partial charge in [0.2, 0.25) is 0 Å². The maximum atomic E-state index is 12.7. The Kier molecular flexibility index (Phi) is 4.16. The summed E-state index contributed by atoms with van der Waals surface area (Å²) < 4.78 is 2.19. The minimum absolute atomic E-state index is 0.105. The Morgan fingerprint density at radius 2 is 2.21 bits per heavy atom. The van der Waals surface area contributed by atoms with Gasteiger partial charge in [-0.25, -0.2) is 9.97 Å². The van der Waals surface area contributed by atoms with E-state index in [9.17, 15) is 4.79 Å². The third kappa shape index (κ3) is 2.77. The number of nitrogens with zero attached hydrogens (tertiary/aromatic N) is 3. The van der Waals surface area contributed by atoms with Gasteiger partial charge in [0.25, 0.3) is 5.91 Å². The molecular formula is C18H24N4OS. The number of hydrogen-bond acceptors (Lipinski definition) is 4. The van der Waals surface area contributed by atoms with E-state index >= 15 is 0 Å². The van der Waals surface area contributed by atoms with Crippen molar-refractivity contribution in [2.24, 2.45) is 5.92 Å². The highest BCUT2D eigenvalue weighted by Crippen LogP contribution is 2.33. The molecule has 6 heteroatoms. The first-order valence-corrected chi connectivity index (χ1v) is 9.83. The van der Waals surface area contributed by atoms with Crippen LogP contribution in [0.3, 0.4) is 0 Å². The highest BCUT2D eigenvalue weighted by atomic mass is 32.1. The molecular weight excluding hydrogens is 320 g/mol. The predicted molar refractivity (Wildman–Crippen MR) is 95.8 cm³/mol. The zero-order chi connectivity index (χ0) is 16.7. The minimum Gasteiger partial charge on any atom is -0.331 e. The summed E-state index contributed by atoms with van der Waals surface area (Å²) in [6, 6.07) is 0. The van der Waals surface area contributed by atoms with Crippen molar-refractivity contribution >= 4 is 22.4 Å². The summed E-state index contributed by atoms with van der Waals surface area (Å²) in [6.07, 6.45) is 7.83. The predicted octanol–water partition coefficient (Wildman–Crippen LogP) is 3.75. The number of anilines is 1. The van der Waals surface area contributed by atoms with Gasteiger partial charge in [0.15, 0.2) is 5.13 Å². The Labute approximate surface area is 146 Å². The molecule has 0 spiro atoms. The molecule has 1 aliphatic carbocycles. The van der Waals surface area contributed by atoms with Crippen molar-refractivity contribution in [3.05, 3.63) is 27.8 Å². The van der Waals surface area contributed by atoms with Gasteiger partial charge in [-0.1, -0.05) is 13.3 Å². The lowest BCUT2D eigenvalue weighted by atomic mass is 9.89. The molecule has 1 atom stereocenters. The van der Waals surface area contributed by atoms with Crippen molar-refractivity contribution in [2.45, 2.75) is 65.3 Å². The third-order valence-electron chi connectivity index (χ3n) is 5.36. The van der Waals surface area contributed by atoms with Gasteiger partial charge < -0.3 is 4.57 Å². The Balaban J connectivity index is 1.54. The molecule has 1 aliphatic heterocycles. The molecule has 0 radical (unpaired) electrons. The molecule has 0 bridgehead atoms. The van der Waals surface area contributed by atoms with E-state index in [-0.39, 0.29) is 5.91 Å². The average Bonchev–Trinajstić information content (AvgIpc) is 3.15. The van der Waals surface area contributed by atoms with Crippen molar-refractivity contribution in [1.29, 1.82) is 0 Å². The highest BCUT2D eigenvalue weighted by molar-refractivity contribution is 7.15. The number of carbonyl (C=O) groups is 1. The first-order valence-electron chi connectivity index (χ1n) is 9.01. The number of aryl methyl sites for hydroxylation is 2. The van der Waals surface area contributed by atoms with E-state index in [4.69, 9.17) is 0 Å². The molecule has 1 unspecified atom stereocenters. The van der Waals surface area contributed by atoms with Crippen molar-refractivity contribution in [1.82, 2.24) is 14.5 Å².